The molecule has 1 saturated heterocycles. The lowest BCUT2D eigenvalue weighted by Crippen LogP contribution is -2.32. The predicted octanol–water partition coefficient (Wildman–Crippen LogP) is 2.37. The summed E-state index contributed by atoms with van der Waals surface area (Å²) in [5.74, 6) is 0.767. The van der Waals surface area contributed by atoms with Crippen molar-refractivity contribution in [3.05, 3.63) is 0 Å². The molecule has 0 aromatic heterocycles. The highest BCUT2D eigenvalue weighted by molar-refractivity contribution is 4.73. The van der Waals surface area contributed by atoms with Crippen LogP contribution in [0.5, 0.6) is 0 Å². The number of piperidine rings is 1. The molecular formula is C10H20FN. The van der Waals surface area contributed by atoms with Gasteiger partial charge in [-0.3, -0.25) is 0 Å². The van der Waals surface area contributed by atoms with Gasteiger partial charge >= 0.3 is 0 Å². The summed E-state index contributed by atoms with van der Waals surface area (Å²) in [6.07, 6.45) is 2.58. The average molecular weight is 173 g/mol. The smallest absolute Gasteiger partial charge is 0.103 e. The van der Waals surface area contributed by atoms with Crippen LogP contribution in [0.1, 0.15) is 33.1 Å². The SMILES string of the molecule is CC(C)C(F)CC1CCCNC1. The van der Waals surface area contributed by atoms with Crippen LogP contribution in [-0.2, 0) is 0 Å². The van der Waals surface area contributed by atoms with Gasteiger partial charge in [0.2, 0.25) is 0 Å². The number of nitrogens with one attached hydrogen (secondary N) is 1. The van der Waals surface area contributed by atoms with Crippen molar-refractivity contribution >= 4 is 0 Å². The number of rotatable bonds is 3. The first-order valence-corrected chi connectivity index (χ1v) is 5.05. The van der Waals surface area contributed by atoms with Gasteiger partial charge in [0.05, 0.1) is 0 Å². The zero-order chi connectivity index (χ0) is 8.97. The maximum absolute atomic E-state index is 13.3. The molecule has 2 heteroatoms. The van der Waals surface area contributed by atoms with Gasteiger partial charge in [-0.05, 0) is 44.2 Å². The molecule has 0 bridgehead atoms. The molecule has 1 aliphatic rings. The van der Waals surface area contributed by atoms with Crippen LogP contribution in [0.25, 0.3) is 0 Å². The minimum atomic E-state index is -0.602. The second-order valence-electron chi connectivity index (χ2n) is 4.21. The Hall–Kier alpha value is -0.110. The highest BCUT2D eigenvalue weighted by atomic mass is 19.1. The predicted molar refractivity (Wildman–Crippen MR) is 49.9 cm³/mol. The molecule has 0 aliphatic carbocycles. The van der Waals surface area contributed by atoms with E-state index in [-0.39, 0.29) is 5.92 Å². The van der Waals surface area contributed by atoms with Crippen LogP contribution in [0.2, 0.25) is 0 Å². The lowest BCUT2D eigenvalue weighted by molar-refractivity contribution is 0.191. The molecule has 1 aliphatic heterocycles. The van der Waals surface area contributed by atoms with Crippen LogP contribution in [0.4, 0.5) is 4.39 Å². The van der Waals surface area contributed by atoms with Crippen LogP contribution in [0.3, 0.4) is 0 Å². The Morgan fingerprint density at radius 3 is 2.75 bits per heavy atom. The lowest BCUT2D eigenvalue weighted by atomic mass is 9.90. The summed E-state index contributed by atoms with van der Waals surface area (Å²) in [5, 5.41) is 3.31. The third-order valence-corrected chi connectivity index (χ3v) is 2.68. The first-order valence-electron chi connectivity index (χ1n) is 5.05. The monoisotopic (exact) mass is 173 g/mol. The fraction of sp³-hybridized carbons (Fsp3) is 1.00. The van der Waals surface area contributed by atoms with Crippen molar-refractivity contribution < 1.29 is 4.39 Å². The fourth-order valence-electron chi connectivity index (χ4n) is 1.72. The Kier molecular flexibility index (Phi) is 3.99. The summed E-state index contributed by atoms with van der Waals surface area (Å²) in [6.45, 7) is 6.06. The third-order valence-electron chi connectivity index (χ3n) is 2.68. The molecule has 0 amide bonds. The van der Waals surface area contributed by atoms with E-state index in [2.05, 4.69) is 5.32 Å². The van der Waals surface area contributed by atoms with Crippen molar-refractivity contribution in [2.45, 2.75) is 39.3 Å². The van der Waals surface area contributed by atoms with Crippen molar-refractivity contribution in [1.82, 2.24) is 5.32 Å². The van der Waals surface area contributed by atoms with Gasteiger partial charge in [0.25, 0.3) is 0 Å². The number of alkyl halides is 1. The minimum Gasteiger partial charge on any atom is -0.316 e. The van der Waals surface area contributed by atoms with E-state index in [1.807, 2.05) is 13.8 Å². The molecule has 0 saturated carbocycles. The summed E-state index contributed by atoms with van der Waals surface area (Å²) in [5.41, 5.74) is 0. The van der Waals surface area contributed by atoms with Gasteiger partial charge < -0.3 is 5.32 Å². The Bertz CT molecular complexity index is 119. The maximum Gasteiger partial charge on any atom is 0.103 e. The van der Waals surface area contributed by atoms with Crippen LogP contribution < -0.4 is 5.32 Å². The molecule has 0 aromatic carbocycles. The van der Waals surface area contributed by atoms with E-state index in [0.29, 0.717) is 5.92 Å². The number of hydrogen-bond acceptors (Lipinski definition) is 1. The Balaban J connectivity index is 2.20. The normalized spacial score (nSPS) is 27.5. The first kappa shape index (κ1) is 9.97. The van der Waals surface area contributed by atoms with Gasteiger partial charge in [0.1, 0.15) is 6.17 Å². The molecule has 72 valence electrons. The van der Waals surface area contributed by atoms with Crippen LogP contribution >= 0.6 is 0 Å². The van der Waals surface area contributed by atoms with Crippen LogP contribution in [0, 0.1) is 11.8 Å². The third kappa shape index (κ3) is 3.10. The van der Waals surface area contributed by atoms with E-state index >= 15 is 0 Å². The Morgan fingerprint density at radius 1 is 1.50 bits per heavy atom. The molecule has 0 spiro atoms. The van der Waals surface area contributed by atoms with Gasteiger partial charge in [0.15, 0.2) is 0 Å². The fourth-order valence-corrected chi connectivity index (χ4v) is 1.72. The van der Waals surface area contributed by atoms with E-state index in [1.54, 1.807) is 0 Å². The Morgan fingerprint density at radius 2 is 2.25 bits per heavy atom. The van der Waals surface area contributed by atoms with Crippen molar-refractivity contribution in [3.63, 3.8) is 0 Å². The average Bonchev–Trinajstić information content (AvgIpc) is 2.06. The van der Waals surface area contributed by atoms with Gasteiger partial charge in [-0.1, -0.05) is 13.8 Å². The molecule has 2 unspecified atom stereocenters. The van der Waals surface area contributed by atoms with Crippen molar-refractivity contribution in [1.29, 1.82) is 0 Å². The van der Waals surface area contributed by atoms with Gasteiger partial charge in [0, 0.05) is 0 Å². The lowest BCUT2D eigenvalue weighted by Gasteiger charge is -2.25. The number of halogens is 1. The zero-order valence-electron chi connectivity index (χ0n) is 8.15. The largest absolute Gasteiger partial charge is 0.316 e. The number of hydrogen-bond donors (Lipinski definition) is 1. The molecule has 1 heterocycles. The molecule has 12 heavy (non-hydrogen) atoms. The van der Waals surface area contributed by atoms with Crippen LogP contribution in [0.15, 0.2) is 0 Å². The summed E-state index contributed by atoms with van der Waals surface area (Å²) in [7, 11) is 0. The highest BCUT2D eigenvalue weighted by Crippen LogP contribution is 2.21. The van der Waals surface area contributed by atoms with Crippen molar-refractivity contribution in [3.8, 4) is 0 Å². The molecule has 1 N–H and O–H groups in total. The molecule has 2 atom stereocenters. The molecular weight excluding hydrogens is 153 g/mol. The molecule has 1 fully saturated rings. The summed E-state index contributed by atoms with van der Waals surface area (Å²) in [4.78, 5) is 0. The first-order chi connectivity index (χ1) is 5.70. The van der Waals surface area contributed by atoms with Gasteiger partial charge in [-0.15, -0.1) is 0 Å². The van der Waals surface area contributed by atoms with Crippen molar-refractivity contribution in [2.75, 3.05) is 13.1 Å². The van der Waals surface area contributed by atoms with E-state index < -0.39 is 6.17 Å². The minimum absolute atomic E-state index is 0.187. The molecule has 0 radical (unpaired) electrons. The van der Waals surface area contributed by atoms with Crippen LogP contribution in [-0.4, -0.2) is 19.3 Å². The zero-order valence-corrected chi connectivity index (χ0v) is 8.15. The van der Waals surface area contributed by atoms with E-state index in [1.165, 1.54) is 12.8 Å². The molecule has 1 rings (SSSR count). The summed E-state index contributed by atoms with van der Waals surface area (Å²) >= 11 is 0. The standard InChI is InChI=1S/C10H20FN/c1-8(2)10(11)6-9-4-3-5-12-7-9/h8-10,12H,3-7H2,1-2H3. The second kappa shape index (κ2) is 4.80. The van der Waals surface area contributed by atoms with Gasteiger partial charge in [-0.2, -0.15) is 0 Å². The molecule has 0 aromatic rings. The van der Waals surface area contributed by atoms with Gasteiger partial charge in [-0.25, -0.2) is 4.39 Å². The van der Waals surface area contributed by atoms with Crippen molar-refractivity contribution in [2.24, 2.45) is 11.8 Å². The summed E-state index contributed by atoms with van der Waals surface area (Å²) in [6, 6.07) is 0. The summed E-state index contributed by atoms with van der Waals surface area (Å²) < 4.78 is 13.3. The Labute approximate surface area is 74.7 Å². The highest BCUT2D eigenvalue weighted by Gasteiger charge is 2.20. The van der Waals surface area contributed by atoms with E-state index in [0.717, 1.165) is 19.5 Å². The van der Waals surface area contributed by atoms with E-state index in [4.69, 9.17) is 0 Å². The quantitative estimate of drug-likeness (QED) is 0.691. The maximum atomic E-state index is 13.3. The second-order valence-corrected chi connectivity index (χ2v) is 4.21. The topological polar surface area (TPSA) is 12.0 Å². The van der Waals surface area contributed by atoms with E-state index in [9.17, 15) is 4.39 Å². The molecule has 1 nitrogen and oxygen atoms in total.